The molecule has 0 saturated heterocycles. The van der Waals surface area contributed by atoms with Crippen molar-refractivity contribution in [1.29, 1.82) is 5.26 Å². The number of rotatable bonds is 6. The van der Waals surface area contributed by atoms with Crippen molar-refractivity contribution in [3.8, 4) is 17.3 Å². The number of halogens is 3. The standard InChI is InChI=1S/C28H25Cl2FN2O3/c29-22-2-1-3-23(30)25(22)26-20(27(36-33-26)16-5-6-16)14-35-19-9-17-11-28(34,12-18(17)10-19)21-7-4-15(13-32)8-24(21)31/h1-4,7-8,16-19,34H,5-6,9-12,14H2/t17-,18+,19?,28?. The fraction of sp³-hybridized carbons (Fsp3) is 0.429. The molecule has 186 valence electrons. The highest BCUT2D eigenvalue weighted by Gasteiger charge is 2.50. The molecule has 0 radical (unpaired) electrons. The van der Waals surface area contributed by atoms with Crippen LogP contribution in [0.4, 0.5) is 4.39 Å². The molecular weight excluding hydrogens is 502 g/mol. The van der Waals surface area contributed by atoms with E-state index in [0.717, 1.165) is 37.0 Å². The predicted molar refractivity (Wildman–Crippen MR) is 133 cm³/mol. The van der Waals surface area contributed by atoms with Gasteiger partial charge in [0.15, 0.2) is 0 Å². The lowest BCUT2D eigenvalue weighted by atomic mass is 9.88. The molecule has 0 aliphatic heterocycles. The molecule has 0 spiro atoms. The van der Waals surface area contributed by atoms with E-state index in [-0.39, 0.29) is 29.1 Å². The van der Waals surface area contributed by atoms with Crippen LogP contribution in [0.3, 0.4) is 0 Å². The zero-order valence-corrected chi connectivity index (χ0v) is 21.0. The van der Waals surface area contributed by atoms with Crippen molar-refractivity contribution < 1.29 is 18.8 Å². The summed E-state index contributed by atoms with van der Waals surface area (Å²) in [7, 11) is 0. The number of aliphatic hydroxyl groups is 1. The van der Waals surface area contributed by atoms with Crippen LogP contribution in [0.2, 0.25) is 10.0 Å². The van der Waals surface area contributed by atoms with Gasteiger partial charge >= 0.3 is 0 Å². The van der Waals surface area contributed by atoms with Crippen molar-refractivity contribution >= 4 is 23.2 Å². The largest absolute Gasteiger partial charge is 0.385 e. The van der Waals surface area contributed by atoms with Crippen molar-refractivity contribution in [2.24, 2.45) is 11.8 Å². The highest BCUT2D eigenvalue weighted by Crippen LogP contribution is 2.54. The second-order valence-corrected chi connectivity index (χ2v) is 11.2. The first kappa shape index (κ1) is 23.9. The molecule has 1 N–H and O–H groups in total. The van der Waals surface area contributed by atoms with Gasteiger partial charge in [0.25, 0.3) is 0 Å². The molecule has 3 aliphatic rings. The van der Waals surface area contributed by atoms with Gasteiger partial charge in [0.2, 0.25) is 0 Å². The molecule has 3 saturated carbocycles. The lowest BCUT2D eigenvalue weighted by Crippen LogP contribution is -2.25. The molecule has 1 aromatic heterocycles. The van der Waals surface area contributed by atoms with Crippen LogP contribution in [0.25, 0.3) is 11.3 Å². The van der Waals surface area contributed by atoms with Crippen LogP contribution in [-0.4, -0.2) is 16.4 Å². The van der Waals surface area contributed by atoms with Crippen LogP contribution in [0, 0.1) is 29.0 Å². The van der Waals surface area contributed by atoms with Crippen molar-refractivity contribution in [3.63, 3.8) is 0 Å². The number of hydrogen-bond acceptors (Lipinski definition) is 5. The van der Waals surface area contributed by atoms with Crippen LogP contribution in [-0.2, 0) is 16.9 Å². The van der Waals surface area contributed by atoms with Gasteiger partial charge in [-0.2, -0.15) is 5.26 Å². The fourth-order valence-electron chi connectivity index (χ4n) is 6.17. The zero-order chi connectivity index (χ0) is 25.0. The summed E-state index contributed by atoms with van der Waals surface area (Å²) in [6, 6.07) is 11.6. The van der Waals surface area contributed by atoms with Gasteiger partial charge in [0.05, 0.1) is 40.0 Å². The summed E-state index contributed by atoms with van der Waals surface area (Å²) in [5.74, 6) is 1.18. The number of nitriles is 1. The molecule has 36 heavy (non-hydrogen) atoms. The maximum atomic E-state index is 14.6. The van der Waals surface area contributed by atoms with Crippen molar-refractivity contribution in [1.82, 2.24) is 5.16 Å². The molecule has 3 aliphatic carbocycles. The van der Waals surface area contributed by atoms with Gasteiger partial charge in [-0.05, 0) is 74.6 Å². The number of benzene rings is 2. The molecule has 1 heterocycles. The Morgan fingerprint density at radius 1 is 1.14 bits per heavy atom. The van der Waals surface area contributed by atoms with Crippen molar-refractivity contribution in [2.45, 2.75) is 62.8 Å². The third kappa shape index (κ3) is 4.22. The molecule has 0 amide bonds. The Morgan fingerprint density at radius 3 is 2.44 bits per heavy atom. The van der Waals surface area contributed by atoms with Crippen LogP contribution in [0.15, 0.2) is 40.9 Å². The van der Waals surface area contributed by atoms with Gasteiger partial charge in [0.1, 0.15) is 17.3 Å². The molecule has 3 fully saturated rings. The third-order valence-corrected chi connectivity index (χ3v) is 8.66. The Labute approximate surface area is 218 Å². The van der Waals surface area contributed by atoms with Gasteiger partial charge in [-0.1, -0.05) is 40.5 Å². The zero-order valence-electron chi connectivity index (χ0n) is 19.5. The van der Waals surface area contributed by atoms with E-state index in [4.69, 9.17) is 37.7 Å². The highest BCUT2D eigenvalue weighted by atomic mass is 35.5. The minimum atomic E-state index is -1.21. The first-order valence-electron chi connectivity index (χ1n) is 12.3. The normalized spacial score (nSPS) is 27.2. The monoisotopic (exact) mass is 526 g/mol. The van der Waals surface area contributed by atoms with Crippen molar-refractivity contribution in [2.75, 3.05) is 0 Å². The molecule has 3 aromatic rings. The van der Waals surface area contributed by atoms with E-state index in [1.807, 2.05) is 6.07 Å². The van der Waals surface area contributed by atoms with Crippen LogP contribution >= 0.6 is 23.2 Å². The average molecular weight is 527 g/mol. The number of fused-ring (bicyclic) bond motifs is 1. The number of nitrogens with zero attached hydrogens (tertiary/aromatic N) is 2. The first-order valence-corrected chi connectivity index (χ1v) is 13.1. The average Bonchev–Trinajstić information content (AvgIpc) is 3.39. The molecule has 2 aromatic carbocycles. The van der Waals surface area contributed by atoms with E-state index in [9.17, 15) is 9.50 Å². The van der Waals surface area contributed by atoms with Gasteiger partial charge in [-0.15, -0.1) is 0 Å². The number of ether oxygens (including phenoxy) is 1. The Morgan fingerprint density at radius 2 is 1.83 bits per heavy atom. The van der Waals surface area contributed by atoms with Gasteiger partial charge in [-0.25, -0.2) is 4.39 Å². The topological polar surface area (TPSA) is 79.3 Å². The lowest BCUT2D eigenvalue weighted by molar-refractivity contribution is 0.00779. The van der Waals surface area contributed by atoms with E-state index in [1.54, 1.807) is 30.3 Å². The summed E-state index contributed by atoms with van der Waals surface area (Å²) in [6.07, 6.45) is 4.75. The Kier molecular flexibility index (Phi) is 6.08. The molecule has 0 bridgehead atoms. The van der Waals surface area contributed by atoms with E-state index in [2.05, 4.69) is 5.16 Å². The fourth-order valence-corrected chi connectivity index (χ4v) is 6.75. The Bertz CT molecular complexity index is 1330. The summed E-state index contributed by atoms with van der Waals surface area (Å²) in [5.41, 5.74) is 1.53. The summed E-state index contributed by atoms with van der Waals surface area (Å²) >= 11 is 12.9. The molecular formula is C28H25Cl2FN2O3. The second-order valence-electron chi connectivity index (χ2n) is 10.4. The van der Waals surface area contributed by atoms with Crippen LogP contribution in [0.1, 0.15) is 66.9 Å². The maximum absolute atomic E-state index is 14.6. The SMILES string of the molecule is N#Cc1ccc(C2(O)C[C@H]3CC(OCc4c(-c5c(Cl)cccc5Cl)noc4C4CC4)C[C@H]3C2)c(F)c1. The quantitative estimate of drug-likeness (QED) is 0.369. The van der Waals surface area contributed by atoms with Crippen LogP contribution in [0.5, 0.6) is 0 Å². The molecule has 2 unspecified atom stereocenters. The molecule has 6 rings (SSSR count). The highest BCUT2D eigenvalue weighted by molar-refractivity contribution is 6.39. The predicted octanol–water partition coefficient (Wildman–Crippen LogP) is 7.13. The number of aromatic nitrogens is 1. The number of hydrogen-bond donors (Lipinski definition) is 1. The third-order valence-electron chi connectivity index (χ3n) is 8.03. The first-order chi connectivity index (χ1) is 17.4. The summed E-state index contributed by atoms with van der Waals surface area (Å²) in [6.45, 7) is 0.352. The smallest absolute Gasteiger partial charge is 0.145 e. The van der Waals surface area contributed by atoms with E-state index in [0.29, 0.717) is 46.7 Å². The van der Waals surface area contributed by atoms with Crippen molar-refractivity contribution in [3.05, 3.63) is 74.7 Å². The second kappa shape index (κ2) is 9.15. The van der Waals surface area contributed by atoms with Crippen LogP contribution < -0.4 is 0 Å². The summed E-state index contributed by atoms with van der Waals surface area (Å²) < 4.78 is 26.8. The molecule has 8 heteroatoms. The van der Waals surface area contributed by atoms with Gasteiger partial charge in [-0.3, -0.25) is 0 Å². The summed E-state index contributed by atoms with van der Waals surface area (Å²) in [5, 5.41) is 25.7. The maximum Gasteiger partial charge on any atom is 0.145 e. The Hall–Kier alpha value is -2.43. The Balaban J connectivity index is 1.16. The van der Waals surface area contributed by atoms with E-state index in [1.165, 1.54) is 6.07 Å². The van der Waals surface area contributed by atoms with Gasteiger partial charge in [0, 0.05) is 22.6 Å². The summed E-state index contributed by atoms with van der Waals surface area (Å²) in [4.78, 5) is 0. The lowest BCUT2D eigenvalue weighted by Gasteiger charge is -2.26. The van der Waals surface area contributed by atoms with E-state index >= 15 is 0 Å². The molecule has 4 atom stereocenters. The molecule has 5 nitrogen and oxygen atoms in total. The van der Waals surface area contributed by atoms with Gasteiger partial charge < -0.3 is 14.4 Å². The minimum Gasteiger partial charge on any atom is -0.385 e. The van der Waals surface area contributed by atoms with E-state index < -0.39 is 11.4 Å². The minimum absolute atomic E-state index is 0.0342.